The molecule has 102 valence electrons. The van der Waals surface area contributed by atoms with Crippen LogP contribution in [0.5, 0.6) is 0 Å². The van der Waals surface area contributed by atoms with Crippen molar-refractivity contribution in [2.45, 2.75) is 6.18 Å². The number of H-pyrrole nitrogens is 1. The quantitative estimate of drug-likeness (QED) is 0.593. The van der Waals surface area contributed by atoms with Crippen LogP contribution >= 0.6 is 22.6 Å². The van der Waals surface area contributed by atoms with Gasteiger partial charge in [0.15, 0.2) is 0 Å². The van der Waals surface area contributed by atoms with E-state index in [0.29, 0.717) is 5.52 Å². The van der Waals surface area contributed by atoms with Gasteiger partial charge in [-0.15, -0.1) is 0 Å². The van der Waals surface area contributed by atoms with Crippen LogP contribution in [0.4, 0.5) is 13.2 Å². The summed E-state index contributed by atoms with van der Waals surface area (Å²) < 4.78 is 40.0. The van der Waals surface area contributed by atoms with E-state index in [1.165, 1.54) is 12.1 Å². The Morgan fingerprint density at radius 2 is 1.80 bits per heavy atom. The van der Waals surface area contributed by atoms with E-state index >= 15 is 0 Å². The van der Waals surface area contributed by atoms with Crippen molar-refractivity contribution in [1.82, 2.24) is 9.97 Å². The van der Waals surface area contributed by atoms with E-state index in [4.69, 9.17) is 0 Å². The number of rotatable bonds is 1. The number of aromatic amines is 1. The summed E-state index contributed by atoms with van der Waals surface area (Å²) in [7, 11) is 0. The first-order chi connectivity index (χ1) is 9.45. The number of benzene rings is 2. The van der Waals surface area contributed by atoms with Crippen molar-refractivity contribution in [2.75, 3.05) is 0 Å². The SMILES string of the molecule is FC(F)(F)c1ccccc1-c1nc2ccc(I)cc2[nH]1. The molecule has 0 unspecified atom stereocenters. The Kier molecular flexibility index (Phi) is 3.19. The van der Waals surface area contributed by atoms with Gasteiger partial charge in [-0.1, -0.05) is 18.2 Å². The molecule has 3 rings (SSSR count). The van der Waals surface area contributed by atoms with Crippen LogP contribution in [0, 0.1) is 3.57 Å². The average molecular weight is 388 g/mol. The molecule has 0 aliphatic heterocycles. The monoisotopic (exact) mass is 388 g/mol. The molecular weight excluding hydrogens is 380 g/mol. The van der Waals surface area contributed by atoms with Crippen LogP contribution in [0.15, 0.2) is 42.5 Å². The molecule has 3 aromatic rings. The van der Waals surface area contributed by atoms with Gasteiger partial charge in [-0.3, -0.25) is 0 Å². The van der Waals surface area contributed by atoms with Crippen LogP contribution in [0.1, 0.15) is 5.56 Å². The zero-order valence-electron chi connectivity index (χ0n) is 10.0. The van der Waals surface area contributed by atoms with Crippen LogP contribution < -0.4 is 0 Å². The summed E-state index contributed by atoms with van der Waals surface area (Å²) >= 11 is 2.14. The minimum atomic E-state index is -4.40. The summed E-state index contributed by atoms with van der Waals surface area (Å²) in [5.41, 5.74) is 0.751. The Labute approximate surface area is 126 Å². The molecule has 0 fully saturated rings. The number of imidazole rings is 1. The fraction of sp³-hybridized carbons (Fsp3) is 0.0714. The predicted octanol–water partition coefficient (Wildman–Crippen LogP) is 4.85. The molecule has 2 aromatic carbocycles. The van der Waals surface area contributed by atoms with Crippen molar-refractivity contribution in [3.63, 3.8) is 0 Å². The summed E-state index contributed by atoms with van der Waals surface area (Å²) in [5, 5.41) is 0. The first kappa shape index (κ1) is 13.4. The Morgan fingerprint density at radius 1 is 1.05 bits per heavy atom. The van der Waals surface area contributed by atoms with Gasteiger partial charge in [0.2, 0.25) is 0 Å². The largest absolute Gasteiger partial charge is 0.417 e. The molecule has 0 spiro atoms. The minimum absolute atomic E-state index is 0.0613. The number of aromatic nitrogens is 2. The number of fused-ring (bicyclic) bond motifs is 1. The van der Waals surface area contributed by atoms with Gasteiger partial charge >= 0.3 is 6.18 Å². The highest BCUT2D eigenvalue weighted by atomic mass is 127. The van der Waals surface area contributed by atoms with Gasteiger partial charge in [0.05, 0.1) is 16.6 Å². The molecule has 20 heavy (non-hydrogen) atoms. The summed E-state index contributed by atoms with van der Waals surface area (Å²) in [5.74, 6) is 0.231. The molecule has 0 bridgehead atoms. The summed E-state index contributed by atoms with van der Waals surface area (Å²) in [4.78, 5) is 7.19. The lowest BCUT2D eigenvalue weighted by molar-refractivity contribution is -0.137. The normalized spacial score (nSPS) is 12.0. The Balaban J connectivity index is 2.21. The van der Waals surface area contributed by atoms with Crippen molar-refractivity contribution < 1.29 is 13.2 Å². The van der Waals surface area contributed by atoms with Crippen molar-refractivity contribution in [3.8, 4) is 11.4 Å². The molecule has 0 saturated carbocycles. The summed E-state index contributed by atoms with van der Waals surface area (Å²) in [6.07, 6.45) is -4.40. The third-order valence-electron chi connectivity index (χ3n) is 2.93. The Bertz CT molecular complexity index is 777. The number of hydrogen-bond acceptors (Lipinski definition) is 1. The fourth-order valence-electron chi connectivity index (χ4n) is 2.05. The third kappa shape index (κ3) is 2.39. The van der Waals surface area contributed by atoms with E-state index in [1.54, 1.807) is 12.1 Å². The van der Waals surface area contributed by atoms with E-state index in [0.717, 1.165) is 15.2 Å². The third-order valence-corrected chi connectivity index (χ3v) is 3.60. The van der Waals surface area contributed by atoms with Gasteiger partial charge in [-0.25, -0.2) is 4.98 Å². The van der Waals surface area contributed by atoms with Crippen molar-refractivity contribution >= 4 is 33.6 Å². The Hall–Kier alpha value is -1.57. The zero-order chi connectivity index (χ0) is 14.3. The molecule has 0 aliphatic rings. The molecule has 1 N–H and O–H groups in total. The van der Waals surface area contributed by atoms with Crippen molar-refractivity contribution in [2.24, 2.45) is 0 Å². The first-order valence-corrected chi connectivity index (χ1v) is 6.85. The fourth-order valence-corrected chi connectivity index (χ4v) is 2.54. The van der Waals surface area contributed by atoms with Gasteiger partial charge in [0.25, 0.3) is 0 Å². The standard InChI is InChI=1S/C14H8F3IN2/c15-14(16,17)10-4-2-1-3-9(10)13-19-11-6-5-8(18)7-12(11)20-13/h1-7H,(H,19,20). The van der Waals surface area contributed by atoms with E-state index in [1.807, 2.05) is 12.1 Å². The van der Waals surface area contributed by atoms with Crippen LogP contribution in [0.2, 0.25) is 0 Å². The van der Waals surface area contributed by atoms with E-state index < -0.39 is 11.7 Å². The number of halogens is 4. The maximum atomic E-state index is 13.0. The van der Waals surface area contributed by atoms with Crippen molar-refractivity contribution in [3.05, 3.63) is 51.6 Å². The molecular formula is C14H8F3IN2. The molecule has 0 aliphatic carbocycles. The second-order valence-electron chi connectivity index (χ2n) is 4.29. The lowest BCUT2D eigenvalue weighted by Crippen LogP contribution is -2.07. The molecule has 0 radical (unpaired) electrons. The van der Waals surface area contributed by atoms with Crippen LogP contribution in [-0.4, -0.2) is 9.97 Å². The number of nitrogens with zero attached hydrogens (tertiary/aromatic N) is 1. The lowest BCUT2D eigenvalue weighted by Gasteiger charge is -2.10. The lowest BCUT2D eigenvalue weighted by atomic mass is 10.1. The highest BCUT2D eigenvalue weighted by molar-refractivity contribution is 14.1. The smallest absolute Gasteiger partial charge is 0.338 e. The van der Waals surface area contributed by atoms with E-state index in [9.17, 15) is 13.2 Å². The van der Waals surface area contributed by atoms with Gasteiger partial charge in [-0.05, 0) is 46.9 Å². The number of hydrogen-bond donors (Lipinski definition) is 1. The van der Waals surface area contributed by atoms with Gasteiger partial charge < -0.3 is 4.98 Å². The molecule has 2 nitrogen and oxygen atoms in total. The molecule has 0 atom stereocenters. The second-order valence-corrected chi connectivity index (χ2v) is 5.54. The Morgan fingerprint density at radius 3 is 2.55 bits per heavy atom. The first-order valence-electron chi connectivity index (χ1n) is 5.77. The van der Waals surface area contributed by atoms with E-state index in [2.05, 4.69) is 32.6 Å². The highest BCUT2D eigenvalue weighted by Gasteiger charge is 2.34. The molecule has 0 amide bonds. The van der Waals surface area contributed by atoms with Gasteiger partial charge in [0.1, 0.15) is 5.82 Å². The molecule has 1 heterocycles. The topological polar surface area (TPSA) is 28.7 Å². The molecule has 0 saturated heterocycles. The van der Waals surface area contributed by atoms with Gasteiger partial charge in [-0.2, -0.15) is 13.2 Å². The van der Waals surface area contributed by atoms with Crippen LogP contribution in [0.3, 0.4) is 0 Å². The number of nitrogens with one attached hydrogen (secondary N) is 1. The molecule has 1 aromatic heterocycles. The van der Waals surface area contributed by atoms with Crippen molar-refractivity contribution in [1.29, 1.82) is 0 Å². The predicted molar refractivity (Wildman–Crippen MR) is 79.2 cm³/mol. The summed E-state index contributed by atoms with van der Waals surface area (Å²) in [6, 6.07) is 10.9. The highest BCUT2D eigenvalue weighted by Crippen LogP contribution is 2.36. The maximum absolute atomic E-state index is 13.0. The zero-order valence-corrected chi connectivity index (χ0v) is 12.2. The second kappa shape index (κ2) is 4.76. The summed E-state index contributed by atoms with van der Waals surface area (Å²) in [6.45, 7) is 0. The minimum Gasteiger partial charge on any atom is -0.338 e. The van der Waals surface area contributed by atoms with E-state index in [-0.39, 0.29) is 11.4 Å². The number of alkyl halides is 3. The van der Waals surface area contributed by atoms with Gasteiger partial charge in [0, 0.05) is 9.13 Å². The van der Waals surface area contributed by atoms with Crippen LogP contribution in [-0.2, 0) is 6.18 Å². The average Bonchev–Trinajstić information content (AvgIpc) is 2.80. The molecule has 6 heteroatoms. The maximum Gasteiger partial charge on any atom is 0.417 e. The van der Waals surface area contributed by atoms with Crippen LogP contribution in [0.25, 0.3) is 22.4 Å².